The van der Waals surface area contributed by atoms with E-state index in [1.807, 2.05) is 0 Å². The van der Waals surface area contributed by atoms with Gasteiger partial charge in [-0.25, -0.2) is 4.79 Å². The van der Waals surface area contributed by atoms with Crippen LogP contribution in [0.3, 0.4) is 0 Å². The number of hydrogen-bond donors (Lipinski definition) is 0. The highest BCUT2D eigenvalue weighted by molar-refractivity contribution is 6.14. The second-order valence-electron chi connectivity index (χ2n) is 11.0. The number of fused-ring (bicyclic) bond motifs is 3. The van der Waals surface area contributed by atoms with E-state index in [9.17, 15) is 19.2 Å². The highest BCUT2D eigenvalue weighted by atomic mass is 16.7. The summed E-state index contributed by atoms with van der Waals surface area (Å²) in [5.74, 6) is -0.762. The molecular weight excluding hydrogens is 620 g/mol. The zero-order chi connectivity index (χ0) is 33.6. The second kappa shape index (κ2) is 12.5. The number of rotatable bonds is 8. The van der Waals surface area contributed by atoms with Gasteiger partial charge in [-0.3, -0.25) is 14.4 Å². The summed E-state index contributed by atoms with van der Waals surface area (Å²) >= 11 is 0. The Balaban J connectivity index is 1.56. The molecule has 3 heterocycles. The fourth-order valence-electron chi connectivity index (χ4n) is 6.08. The van der Waals surface area contributed by atoms with Gasteiger partial charge in [0.15, 0.2) is 35.2 Å². The van der Waals surface area contributed by atoms with Crippen LogP contribution in [-0.2, 0) is 44.7 Å². The fraction of sp³-hybridized carbons (Fsp3) is 0.394. The Labute approximate surface area is 268 Å². The van der Waals surface area contributed by atoms with Crippen molar-refractivity contribution in [2.75, 3.05) is 21.0 Å². The van der Waals surface area contributed by atoms with E-state index in [0.29, 0.717) is 50.5 Å². The van der Waals surface area contributed by atoms with Crippen LogP contribution in [0.2, 0.25) is 0 Å². The van der Waals surface area contributed by atoms with Crippen LogP contribution in [-0.4, -0.2) is 75.6 Å². The molecule has 0 aromatic heterocycles. The highest BCUT2D eigenvalue weighted by Crippen LogP contribution is 2.50. The number of carbonyl (C=O) groups is 4. The van der Waals surface area contributed by atoms with Crippen molar-refractivity contribution in [3.05, 3.63) is 41.5 Å². The third-order valence-electron chi connectivity index (χ3n) is 7.94. The predicted octanol–water partition coefficient (Wildman–Crippen LogP) is 3.84. The van der Waals surface area contributed by atoms with Gasteiger partial charge in [-0.1, -0.05) is 6.07 Å². The van der Waals surface area contributed by atoms with Crippen LogP contribution < -0.4 is 23.7 Å². The van der Waals surface area contributed by atoms with E-state index in [1.54, 1.807) is 37.3 Å². The minimum absolute atomic E-state index is 0.0629. The summed E-state index contributed by atoms with van der Waals surface area (Å²) in [4.78, 5) is 50.0. The first-order chi connectivity index (χ1) is 22.5. The third-order valence-corrected chi connectivity index (χ3v) is 7.94. The maximum atomic E-state index is 13.4. The van der Waals surface area contributed by atoms with Gasteiger partial charge in [0.1, 0.15) is 12.4 Å². The molecule has 3 aromatic rings. The molecule has 0 N–H and O–H groups in total. The van der Waals surface area contributed by atoms with Gasteiger partial charge in [-0.05, 0) is 42.1 Å². The Morgan fingerprint density at radius 2 is 1.36 bits per heavy atom. The molecule has 14 heteroatoms. The Bertz CT molecular complexity index is 1780. The topological polar surface area (TPSA) is 161 Å². The Hall–Kier alpha value is -5.24. The van der Waals surface area contributed by atoms with Crippen molar-refractivity contribution in [1.29, 1.82) is 0 Å². The minimum atomic E-state index is -1.41. The van der Waals surface area contributed by atoms with Crippen LogP contribution in [0, 0.1) is 0 Å². The van der Waals surface area contributed by atoms with Crippen LogP contribution >= 0.6 is 0 Å². The molecule has 0 spiro atoms. The summed E-state index contributed by atoms with van der Waals surface area (Å²) in [6, 6.07) is 8.70. The molecule has 1 saturated heterocycles. The Morgan fingerprint density at radius 3 is 2.02 bits per heavy atom. The number of methoxy groups -OCH3 is 2. The van der Waals surface area contributed by atoms with Crippen molar-refractivity contribution >= 4 is 34.6 Å². The van der Waals surface area contributed by atoms with Crippen molar-refractivity contribution in [1.82, 2.24) is 0 Å². The molecule has 47 heavy (non-hydrogen) atoms. The van der Waals surface area contributed by atoms with Crippen molar-refractivity contribution in [3.63, 3.8) is 0 Å². The quantitative estimate of drug-likeness (QED) is 0.255. The van der Waals surface area contributed by atoms with E-state index in [1.165, 1.54) is 28.1 Å². The summed E-state index contributed by atoms with van der Waals surface area (Å²) in [6.07, 6.45) is -6.12. The van der Waals surface area contributed by atoms with Crippen molar-refractivity contribution in [2.24, 2.45) is 0 Å². The molecule has 1 fully saturated rings. The number of benzene rings is 3. The summed E-state index contributed by atoms with van der Waals surface area (Å²) in [7, 11) is 2.96. The molecule has 248 valence electrons. The largest absolute Gasteiger partial charge is 0.493 e. The number of esters is 4. The van der Waals surface area contributed by atoms with Crippen LogP contribution in [0.5, 0.6) is 28.7 Å². The van der Waals surface area contributed by atoms with Gasteiger partial charge in [-0.15, -0.1) is 0 Å². The summed E-state index contributed by atoms with van der Waals surface area (Å²) in [6.45, 7) is 5.02. The number of ether oxygens (including phenoxy) is 10. The summed E-state index contributed by atoms with van der Waals surface area (Å²) < 4.78 is 57.2. The first-order valence-electron chi connectivity index (χ1n) is 14.7. The van der Waals surface area contributed by atoms with Crippen molar-refractivity contribution < 1.29 is 66.5 Å². The van der Waals surface area contributed by atoms with E-state index >= 15 is 0 Å². The SMILES string of the molecule is COc1cc2c(OC3O[C@@H](C)[C@@H](OC(C)=O)[C@@H](OC(C)=O)[C@@H]3OC(C)=O)c3c(c(-c4ccc5c(c4)OCO5)c2cc1OC)C(=O)OC3. The number of cyclic esters (lactones) is 1. The van der Waals surface area contributed by atoms with Crippen molar-refractivity contribution in [3.8, 4) is 39.9 Å². The van der Waals surface area contributed by atoms with E-state index in [4.69, 9.17) is 47.4 Å². The molecule has 3 aliphatic heterocycles. The molecular formula is C33H32O14. The maximum Gasteiger partial charge on any atom is 0.339 e. The molecule has 5 atom stereocenters. The van der Waals surface area contributed by atoms with E-state index in [-0.39, 0.29) is 24.7 Å². The first-order valence-corrected chi connectivity index (χ1v) is 14.7. The normalized spacial score (nSPS) is 22.6. The Kier molecular flexibility index (Phi) is 8.45. The highest BCUT2D eigenvalue weighted by Gasteiger charge is 2.52. The lowest BCUT2D eigenvalue weighted by Crippen LogP contribution is -2.62. The molecule has 0 aliphatic carbocycles. The fourth-order valence-corrected chi connectivity index (χ4v) is 6.08. The molecule has 0 bridgehead atoms. The van der Waals surface area contributed by atoms with Crippen LogP contribution in [0.25, 0.3) is 21.9 Å². The molecule has 6 rings (SSSR count). The predicted molar refractivity (Wildman–Crippen MR) is 159 cm³/mol. The lowest BCUT2D eigenvalue weighted by Gasteiger charge is -2.43. The van der Waals surface area contributed by atoms with Gasteiger partial charge in [0.2, 0.25) is 19.2 Å². The van der Waals surface area contributed by atoms with E-state index in [0.717, 1.165) is 6.92 Å². The van der Waals surface area contributed by atoms with Gasteiger partial charge in [0, 0.05) is 37.3 Å². The number of carbonyl (C=O) groups excluding carboxylic acids is 4. The maximum absolute atomic E-state index is 13.4. The second-order valence-corrected chi connectivity index (χ2v) is 11.0. The van der Waals surface area contributed by atoms with Crippen molar-refractivity contribution in [2.45, 2.75) is 65.0 Å². The summed E-state index contributed by atoms with van der Waals surface area (Å²) in [5.41, 5.74) is 1.76. The lowest BCUT2D eigenvalue weighted by atomic mass is 9.89. The summed E-state index contributed by atoms with van der Waals surface area (Å²) in [5, 5.41) is 0.993. The van der Waals surface area contributed by atoms with E-state index in [2.05, 4.69) is 0 Å². The third kappa shape index (κ3) is 5.80. The minimum Gasteiger partial charge on any atom is -0.493 e. The van der Waals surface area contributed by atoms with Crippen LogP contribution in [0.15, 0.2) is 30.3 Å². The Morgan fingerprint density at radius 1 is 0.745 bits per heavy atom. The average molecular weight is 653 g/mol. The molecule has 14 nitrogen and oxygen atoms in total. The zero-order valence-electron chi connectivity index (χ0n) is 26.4. The molecule has 3 aromatic carbocycles. The standard InChI is InChI=1S/C33H32O14/c1-14-28(44-15(2)34)30(45-16(3)35)31(46-17(4)36)33(43-14)47-29-20-11-24(39-6)23(38-5)10-19(20)26(27-21(29)12-40-32(27)37)18-7-8-22-25(9-18)42-13-41-22/h7-11,14,28,30-31,33H,12-13H2,1-6H3/t14-,28+,30+,31-,33?/m0/s1. The molecule has 3 aliphatic rings. The van der Waals surface area contributed by atoms with Gasteiger partial charge in [-0.2, -0.15) is 0 Å². The molecule has 0 saturated carbocycles. The average Bonchev–Trinajstić information content (AvgIpc) is 3.65. The molecule has 1 unspecified atom stereocenters. The monoisotopic (exact) mass is 652 g/mol. The van der Waals surface area contributed by atoms with Gasteiger partial charge >= 0.3 is 23.9 Å². The van der Waals surface area contributed by atoms with E-state index < -0.39 is 54.6 Å². The van der Waals surface area contributed by atoms with Crippen LogP contribution in [0.1, 0.15) is 43.6 Å². The van der Waals surface area contributed by atoms with Gasteiger partial charge < -0.3 is 47.4 Å². The smallest absolute Gasteiger partial charge is 0.339 e. The lowest BCUT2D eigenvalue weighted by molar-refractivity contribution is -0.280. The van der Waals surface area contributed by atoms with Gasteiger partial charge in [0.25, 0.3) is 0 Å². The van der Waals surface area contributed by atoms with Crippen LogP contribution in [0.4, 0.5) is 0 Å². The molecule has 0 radical (unpaired) electrons. The molecule has 0 amide bonds. The first kappa shape index (κ1) is 31.7. The van der Waals surface area contributed by atoms with Gasteiger partial charge in [0.05, 0.1) is 25.9 Å². The number of hydrogen-bond acceptors (Lipinski definition) is 14. The zero-order valence-corrected chi connectivity index (χ0v) is 26.4.